The largest absolute Gasteiger partial charge is 0.478 e. The Morgan fingerprint density at radius 1 is 1.32 bits per heavy atom. The van der Waals surface area contributed by atoms with Crippen molar-refractivity contribution in [3.63, 3.8) is 0 Å². The summed E-state index contributed by atoms with van der Waals surface area (Å²) in [6.45, 7) is 1.79. The molecule has 2 aromatic rings. The number of carboxylic acid groups (broad SMARTS) is 1. The van der Waals surface area contributed by atoms with Crippen LogP contribution in [-0.4, -0.2) is 22.2 Å². The number of carboxylic acids is 1. The predicted octanol–water partition coefficient (Wildman–Crippen LogP) is 4.01. The van der Waals surface area contributed by atoms with Gasteiger partial charge < -0.3 is 5.11 Å². The van der Waals surface area contributed by atoms with Crippen molar-refractivity contribution < 1.29 is 14.8 Å². The SMILES string of the molecule is Cc1ccc(C(=O)O)cc1N=Cc1cc([N+](=O)[O-])ccc1Cl. The summed E-state index contributed by atoms with van der Waals surface area (Å²) >= 11 is 5.98. The van der Waals surface area contributed by atoms with Gasteiger partial charge in [0.05, 0.1) is 16.2 Å². The first-order chi connectivity index (χ1) is 10.4. The average Bonchev–Trinajstić information content (AvgIpc) is 2.47. The summed E-state index contributed by atoms with van der Waals surface area (Å²) in [4.78, 5) is 25.4. The molecule has 0 aromatic heterocycles. The summed E-state index contributed by atoms with van der Waals surface area (Å²) < 4.78 is 0. The van der Waals surface area contributed by atoms with Crippen LogP contribution < -0.4 is 0 Å². The van der Waals surface area contributed by atoms with Gasteiger partial charge in [-0.05, 0) is 30.7 Å². The number of nitro groups is 1. The van der Waals surface area contributed by atoms with Crippen LogP contribution in [0.1, 0.15) is 21.5 Å². The lowest BCUT2D eigenvalue weighted by Crippen LogP contribution is -1.96. The molecule has 0 spiro atoms. The van der Waals surface area contributed by atoms with Gasteiger partial charge in [0, 0.05) is 28.9 Å². The third-order valence-corrected chi connectivity index (χ3v) is 3.33. The molecule has 0 aliphatic heterocycles. The number of nitrogens with zero attached hydrogens (tertiary/aromatic N) is 2. The van der Waals surface area contributed by atoms with Crippen LogP contribution >= 0.6 is 11.6 Å². The Kier molecular flexibility index (Phi) is 4.53. The second-order valence-electron chi connectivity index (χ2n) is 4.53. The lowest BCUT2D eigenvalue weighted by molar-refractivity contribution is -0.384. The van der Waals surface area contributed by atoms with Crippen molar-refractivity contribution in [2.24, 2.45) is 4.99 Å². The van der Waals surface area contributed by atoms with Gasteiger partial charge in [0.15, 0.2) is 0 Å². The molecule has 0 radical (unpaired) electrons. The zero-order valence-electron chi connectivity index (χ0n) is 11.5. The maximum atomic E-state index is 11.0. The van der Waals surface area contributed by atoms with Gasteiger partial charge in [0.2, 0.25) is 0 Å². The van der Waals surface area contributed by atoms with Crippen LogP contribution in [0.4, 0.5) is 11.4 Å². The van der Waals surface area contributed by atoms with Gasteiger partial charge >= 0.3 is 5.97 Å². The van der Waals surface area contributed by atoms with Gasteiger partial charge in [0.25, 0.3) is 5.69 Å². The highest BCUT2D eigenvalue weighted by Gasteiger charge is 2.09. The van der Waals surface area contributed by atoms with Crippen LogP contribution in [0, 0.1) is 17.0 Å². The van der Waals surface area contributed by atoms with E-state index < -0.39 is 10.9 Å². The molecular weight excluding hydrogens is 308 g/mol. The summed E-state index contributed by atoms with van der Waals surface area (Å²) in [7, 11) is 0. The van der Waals surface area contributed by atoms with E-state index in [0.29, 0.717) is 16.3 Å². The van der Waals surface area contributed by atoms with Gasteiger partial charge in [-0.2, -0.15) is 0 Å². The van der Waals surface area contributed by atoms with E-state index in [1.54, 1.807) is 13.0 Å². The van der Waals surface area contributed by atoms with Crippen LogP contribution in [0.5, 0.6) is 0 Å². The van der Waals surface area contributed by atoms with Crippen molar-refractivity contribution in [3.05, 3.63) is 68.2 Å². The second-order valence-corrected chi connectivity index (χ2v) is 4.93. The van der Waals surface area contributed by atoms with Gasteiger partial charge in [-0.15, -0.1) is 0 Å². The van der Waals surface area contributed by atoms with E-state index in [1.165, 1.54) is 36.5 Å². The van der Waals surface area contributed by atoms with Gasteiger partial charge in [0.1, 0.15) is 0 Å². The lowest BCUT2D eigenvalue weighted by Gasteiger charge is -2.02. The van der Waals surface area contributed by atoms with E-state index in [0.717, 1.165) is 5.56 Å². The topological polar surface area (TPSA) is 92.8 Å². The predicted molar refractivity (Wildman–Crippen MR) is 83.5 cm³/mol. The molecule has 6 nitrogen and oxygen atoms in total. The van der Waals surface area contributed by atoms with Crippen LogP contribution in [-0.2, 0) is 0 Å². The monoisotopic (exact) mass is 318 g/mol. The molecule has 0 saturated carbocycles. The molecule has 0 aliphatic rings. The Morgan fingerprint density at radius 2 is 2.05 bits per heavy atom. The molecule has 0 fully saturated rings. The quantitative estimate of drug-likeness (QED) is 0.523. The first-order valence-corrected chi connectivity index (χ1v) is 6.58. The normalized spacial score (nSPS) is 10.8. The maximum Gasteiger partial charge on any atom is 0.335 e. The van der Waals surface area contributed by atoms with E-state index in [2.05, 4.69) is 4.99 Å². The Balaban J connectivity index is 2.40. The number of benzene rings is 2. The molecule has 7 heteroatoms. The van der Waals surface area contributed by atoms with E-state index in [-0.39, 0.29) is 11.3 Å². The number of hydrogen-bond acceptors (Lipinski definition) is 4. The first kappa shape index (κ1) is 15.7. The number of halogens is 1. The number of non-ortho nitro benzene ring substituents is 1. The second kappa shape index (κ2) is 6.36. The van der Waals surface area contributed by atoms with E-state index in [4.69, 9.17) is 16.7 Å². The highest BCUT2D eigenvalue weighted by molar-refractivity contribution is 6.33. The minimum absolute atomic E-state index is 0.0955. The van der Waals surface area contributed by atoms with Crippen LogP contribution in [0.2, 0.25) is 5.02 Å². The molecular formula is C15H11ClN2O4. The fourth-order valence-electron chi connectivity index (χ4n) is 1.76. The molecule has 2 rings (SSSR count). The molecule has 0 heterocycles. The molecule has 1 N–H and O–H groups in total. The van der Waals surface area contributed by atoms with Gasteiger partial charge in [-0.25, -0.2) is 4.79 Å². The third-order valence-electron chi connectivity index (χ3n) is 2.99. The third kappa shape index (κ3) is 3.48. The molecule has 0 amide bonds. The maximum absolute atomic E-state index is 11.0. The standard InChI is InChI=1S/C15H11ClN2O4/c1-9-2-3-10(15(19)20)7-14(9)17-8-11-6-12(18(21)22)4-5-13(11)16/h2-8H,1H3,(H,19,20). The van der Waals surface area contributed by atoms with Crippen molar-refractivity contribution >= 4 is 35.2 Å². The number of aromatic carboxylic acids is 1. The highest BCUT2D eigenvalue weighted by Crippen LogP contribution is 2.23. The molecule has 112 valence electrons. The van der Waals surface area contributed by atoms with Crippen molar-refractivity contribution in [3.8, 4) is 0 Å². The highest BCUT2D eigenvalue weighted by atomic mass is 35.5. The zero-order chi connectivity index (χ0) is 16.3. The Morgan fingerprint density at radius 3 is 2.68 bits per heavy atom. The van der Waals surface area contributed by atoms with Crippen molar-refractivity contribution in [1.29, 1.82) is 0 Å². The number of rotatable bonds is 4. The van der Waals surface area contributed by atoms with Crippen molar-refractivity contribution in [2.45, 2.75) is 6.92 Å². The van der Waals surface area contributed by atoms with Crippen LogP contribution in [0.25, 0.3) is 0 Å². The van der Waals surface area contributed by atoms with E-state index >= 15 is 0 Å². The van der Waals surface area contributed by atoms with Gasteiger partial charge in [-0.1, -0.05) is 17.7 Å². The number of nitro benzene ring substituents is 1. The average molecular weight is 319 g/mol. The number of hydrogen-bond donors (Lipinski definition) is 1. The lowest BCUT2D eigenvalue weighted by atomic mass is 10.1. The van der Waals surface area contributed by atoms with E-state index in [1.807, 2.05) is 0 Å². The molecule has 0 saturated heterocycles. The molecule has 2 aromatic carbocycles. The smallest absolute Gasteiger partial charge is 0.335 e. The van der Waals surface area contributed by atoms with Crippen molar-refractivity contribution in [1.82, 2.24) is 0 Å². The minimum Gasteiger partial charge on any atom is -0.478 e. The van der Waals surface area contributed by atoms with Crippen molar-refractivity contribution in [2.75, 3.05) is 0 Å². The van der Waals surface area contributed by atoms with Gasteiger partial charge in [-0.3, -0.25) is 15.1 Å². The Bertz CT molecular complexity index is 722. The fourth-order valence-corrected chi connectivity index (χ4v) is 1.93. The van der Waals surface area contributed by atoms with Crippen LogP contribution in [0.3, 0.4) is 0 Å². The first-order valence-electron chi connectivity index (χ1n) is 6.20. The number of carbonyl (C=O) groups is 1. The summed E-state index contributed by atoms with van der Waals surface area (Å²) in [5, 5.41) is 20.1. The van der Waals surface area contributed by atoms with Crippen LogP contribution in [0.15, 0.2) is 41.4 Å². The minimum atomic E-state index is -1.05. The fraction of sp³-hybridized carbons (Fsp3) is 0.0667. The Hall–Kier alpha value is -2.73. The number of aryl methyl sites for hydroxylation is 1. The summed E-state index contributed by atoms with van der Waals surface area (Å²) in [6, 6.07) is 8.58. The molecule has 22 heavy (non-hydrogen) atoms. The number of aliphatic imine (C=N–C) groups is 1. The zero-order valence-corrected chi connectivity index (χ0v) is 12.2. The summed E-state index contributed by atoms with van der Waals surface area (Å²) in [5.41, 5.74) is 1.64. The van der Waals surface area contributed by atoms with E-state index in [9.17, 15) is 14.9 Å². The molecule has 0 bridgehead atoms. The summed E-state index contributed by atoms with van der Waals surface area (Å²) in [6.07, 6.45) is 1.38. The molecule has 0 aliphatic carbocycles. The Labute approximate surface area is 130 Å². The molecule has 0 atom stereocenters. The molecule has 0 unspecified atom stereocenters. The summed E-state index contributed by atoms with van der Waals surface area (Å²) in [5.74, 6) is -1.05.